The van der Waals surface area contributed by atoms with Gasteiger partial charge in [-0.15, -0.1) is 0 Å². The highest BCUT2D eigenvalue weighted by atomic mass is 16.6. The third-order valence-electron chi connectivity index (χ3n) is 5.23. The monoisotopic (exact) mass is 430 g/mol. The number of anilines is 2. The lowest BCUT2D eigenvalue weighted by Gasteiger charge is -2.20. The first kappa shape index (κ1) is 21.0. The zero-order chi connectivity index (χ0) is 22.7. The maximum Gasteiger partial charge on any atom is 0.282 e. The van der Waals surface area contributed by atoms with Crippen LogP contribution < -0.4 is 10.2 Å². The SMILES string of the molecule is CCN(CC)c1ccc(-c2nc3cc(NC(=O)c4ccccc4[N+](=O)[O-])ccc3o2)cc1. The first-order chi connectivity index (χ1) is 15.5. The van der Waals surface area contributed by atoms with Crippen molar-refractivity contribution in [3.05, 3.63) is 82.4 Å². The van der Waals surface area contributed by atoms with Crippen LogP contribution in [0.25, 0.3) is 22.6 Å². The van der Waals surface area contributed by atoms with Crippen LogP contribution in [0.15, 0.2) is 71.1 Å². The van der Waals surface area contributed by atoms with Gasteiger partial charge >= 0.3 is 0 Å². The van der Waals surface area contributed by atoms with Crippen molar-refractivity contribution in [2.24, 2.45) is 0 Å². The van der Waals surface area contributed by atoms with Crippen molar-refractivity contribution >= 4 is 34.1 Å². The zero-order valence-electron chi connectivity index (χ0n) is 17.7. The minimum Gasteiger partial charge on any atom is -0.436 e. The van der Waals surface area contributed by atoms with E-state index in [9.17, 15) is 14.9 Å². The highest BCUT2D eigenvalue weighted by Crippen LogP contribution is 2.28. The molecule has 3 aromatic carbocycles. The number of nitro benzene ring substituents is 1. The van der Waals surface area contributed by atoms with E-state index < -0.39 is 10.8 Å². The Labute approximate surface area is 184 Å². The lowest BCUT2D eigenvalue weighted by molar-refractivity contribution is -0.385. The Balaban J connectivity index is 1.57. The summed E-state index contributed by atoms with van der Waals surface area (Å²) in [4.78, 5) is 30.0. The van der Waals surface area contributed by atoms with Gasteiger partial charge in [-0.25, -0.2) is 4.98 Å². The van der Waals surface area contributed by atoms with Crippen molar-refractivity contribution in [3.63, 3.8) is 0 Å². The summed E-state index contributed by atoms with van der Waals surface area (Å²) in [7, 11) is 0. The second-order valence-corrected chi connectivity index (χ2v) is 7.15. The smallest absolute Gasteiger partial charge is 0.282 e. The molecule has 1 aromatic heterocycles. The highest BCUT2D eigenvalue weighted by Gasteiger charge is 2.19. The normalized spacial score (nSPS) is 10.8. The van der Waals surface area contributed by atoms with E-state index >= 15 is 0 Å². The Bertz CT molecular complexity index is 1280. The predicted octanol–water partition coefficient (Wildman–Crippen LogP) is 5.50. The highest BCUT2D eigenvalue weighted by molar-refractivity contribution is 6.07. The van der Waals surface area contributed by atoms with Gasteiger partial charge < -0.3 is 14.6 Å². The molecule has 0 unspecified atom stereocenters. The van der Waals surface area contributed by atoms with Crippen LogP contribution >= 0.6 is 0 Å². The molecule has 0 atom stereocenters. The van der Waals surface area contributed by atoms with Crippen molar-refractivity contribution in [2.45, 2.75) is 13.8 Å². The van der Waals surface area contributed by atoms with Gasteiger partial charge in [-0.2, -0.15) is 0 Å². The van der Waals surface area contributed by atoms with E-state index in [1.807, 2.05) is 24.3 Å². The molecule has 162 valence electrons. The summed E-state index contributed by atoms with van der Waals surface area (Å²) in [6, 6.07) is 18.9. The number of aromatic nitrogens is 1. The Morgan fingerprint density at radius 1 is 1.06 bits per heavy atom. The standard InChI is InChI=1S/C24H22N4O4/c1-3-27(4-2)18-12-9-16(10-13-18)24-26-20-15-17(11-14-22(20)32-24)25-23(29)19-7-5-6-8-21(19)28(30)31/h5-15H,3-4H2,1-2H3,(H,25,29). The number of nitrogens with zero attached hydrogens (tertiary/aromatic N) is 3. The Morgan fingerprint density at radius 3 is 2.47 bits per heavy atom. The van der Waals surface area contributed by atoms with Crippen LogP contribution in [0.4, 0.5) is 17.1 Å². The fraction of sp³-hybridized carbons (Fsp3) is 0.167. The molecule has 0 radical (unpaired) electrons. The minimum atomic E-state index is -0.576. The zero-order valence-corrected chi connectivity index (χ0v) is 17.7. The molecule has 1 amide bonds. The number of para-hydroxylation sites is 1. The van der Waals surface area contributed by atoms with Crippen LogP contribution in [0.3, 0.4) is 0 Å². The summed E-state index contributed by atoms with van der Waals surface area (Å²) < 4.78 is 5.88. The number of carbonyl (C=O) groups excluding carboxylic acids is 1. The van der Waals surface area contributed by atoms with Crippen molar-refractivity contribution in [3.8, 4) is 11.5 Å². The molecule has 4 rings (SSSR count). The second kappa shape index (κ2) is 8.89. The summed E-state index contributed by atoms with van der Waals surface area (Å²) in [6.07, 6.45) is 0. The van der Waals surface area contributed by atoms with Gasteiger partial charge in [-0.05, 0) is 62.4 Å². The third-order valence-corrected chi connectivity index (χ3v) is 5.23. The van der Waals surface area contributed by atoms with Crippen LogP contribution in [0.1, 0.15) is 24.2 Å². The lowest BCUT2D eigenvalue weighted by atomic mass is 10.1. The molecular formula is C24H22N4O4. The van der Waals surface area contributed by atoms with Crippen molar-refractivity contribution in [2.75, 3.05) is 23.3 Å². The van der Waals surface area contributed by atoms with Gasteiger partial charge in [0.2, 0.25) is 5.89 Å². The van der Waals surface area contributed by atoms with Gasteiger partial charge in [0.1, 0.15) is 11.1 Å². The first-order valence-electron chi connectivity index (χ1n) is 10.3. The van der Waals surface area contributed by atoms with Crippen LogP contribution in [0.2, 0.25) is 0 Å². The van der Waals surface area contributed by atoms with E-state index in [-0.39, 0.29) is 11.3 Å². The quantitative estimate of drug-likeness (QED) is 0.307. The maximum absolute atomic E-state index is 12.6. The van der Waals surface area contributed by atoms with Gasteiger partial charge in [0, 0.05) is 36.1 Å². The summed E-state index contributed by atoms with van der Waals surface area (Å²) in [5, 5.41) is 13.9. The van der Waals surface area contributed by atoms with Crippen molar-refractivity contribution < 1.29 is 14.1 Å². The number of hydrogen-bond donors (Lipinski definition) is 1. The molecule has 0 saturated carbocycles. The van der Waals surface area contributed by atoms with E-state index in [0.29, 0.717) is 22.7 Å². The largest absolute Gasteiger partial charge is 0.436 e. The number of carbonyl (C=O) groups is 1. The van der Waals surface area contributed by atoms with Gasteiger partial charge in [0.05, 0.1) is 4.92 Å². The molecule has 8 heteroatoms. The fourth-order valence-electron chi connectivity index (χ4n) is 3.56. The number of hydrogen-bond acceptors (Lipinski definition) is 6. The molecule has 0 fully saturated rings. The average Bonchev–Trinajstić information content (AvgIpc) is 3.24. The van der Waals surface area contributed by atoms with E-state index in [4.69, 9.17) is 4.42 Å². The molecule has 32 heavy (non-hydrogen) atoms. The molecule has 1 N–H and O–H groups in total. The maximum atomic E-state index is 12.6. The second-order valence-electron chi connectivity index (χ2n) is 7.15. The molecule has 0 aliphatic carbocycles. The van der Waals surface area contributed by atoms with Gasteiger partial charge in [-0.3, -0.25) is 14.9 Å². The predicted molar refractivity (Wildman–Crippen MR) is 124 cm³/mol. The van der Waals surface area contributed by atoms with E-state index in [1.54, 1.807) is 24.3 Å². The molecule has 0 aliphatic rings. The molecule has 0 aliphatic heterocycles. The number of nitro groups is 1. The minimum absolute atomic E-state index is 0.00766. The number of rotatable bonds is 7. The van der Waals surface area contributed by atoms with Gasteiger partial charge in [-0.1, -0.05) is 12.1 Å². The number of fused-ring (bicyclic) bond motifs is 1. The Hall–Kier alpha value is -4.20. The number of oxazole rings is 1. The lowest BCUT2D eigenvalue weighted by Crippen LogP contribution is -2.21. The number of benzene rings is 3. The van der Waals surface area contributed by atoms with E-state index in [0.717, 1.165) is 24.3 Å². The van der Waals surface area contributed by atoms with Gasteiger partial charge in [0.15, 0.2) is 5.58 Å². The summed E-state index contributed by atoms with van der Waals surface area (Å²) in [6.45, 7) is 6.09. The number of nitrogens with one attached hydrogen (secondary N) is 1. The topological polar surface area (TPSA) is 102 Å². The summed E-state index contributed by atoms with van der Waals surface area (Å²) in [5.74, 6) is -0.0827. The van der Waals surface area contributed by atoms with Crippen molar-refractivity contribution in [1.82, 2.24) is 4.98 Å². The van der Waals surface area contributed by atoms with Crippen LogP contribution in [0, 0.1) is 10.1 Å². The molecule has 1 heterocycles. The molecule has 4 aromatic rings. The molecule has 0 bridgehead atoms. The van der Waals surface area contributed by atoms with Gasteiger partial charge in [0.25, 0.3) is 11.6 Å². The third kappa shape index (κ3) is 4.15. The average molecular weight is 430 g/mol. The van der Waals surface area contributed by atoms with Crippen LogP contribution in [0.5, 0.6) is 0 Å². The molecule has 0 spiro atoms. The Morgan fingerprint density at radius 2 is 1.78 bits per heavy atom. The molecule has 8 nitrogen and oxygen atoms in total. The molecular weight excluding hydrogens is 408 g/mol. The van der Waals surface area contributed by atoms with E-state index in [2.05, 4.69) is 29.0 Å². The van der Waals surface area contributed by atoms with Crippen molar-refractivity contribution in [1.29, 1.82) is 0 Å². The van der Waals surface area contributed by atoms with E-state index in [1.165, 1.54) is 18.2 Å². The summed E-state index contributed by atoms with van der Waals surface area (Å²) >= 11 is 0. The van der Waals surface area contributed by atoms with Crippen LogP contribution in [-0.4, -0.2) is 28.9 Å². The molecule has 0 saturated heterocycles. The fourth-order valence-corrected chi connectivity index (χ4v) is 3.56. The Kier molecular flexibility index (Phi) is 5.85. The first-order valence-corrected chi connectivity index (χ1v) is 10.3. The number of amides is 1. The summed E-state index contributed by atoms with van der Waals surface area (Å²) in [5.41, 5.74) is 3.36. The van der Waals surface area contributed by atoms with Crippen LogP contribution in [-0.2, 0) is 0 Å².